The molecule has 0 N–H and O–H groups in total. The number of anilines is 2. The van der Waals surface area contributed by atoms with Gasteiger partial charge >= 0.3 is 0 Å². The smallest absolute Gasteiger partial charge is 0.287 e. The lowest BCUT2D eigenvalue weighted by Gasteiger charge is -2.37. The highest BCUT2D eigenvalue weighted by atomic mass is 16.6. The molecule has 1 amide bonds. The van der Waals surface area contributed by atoms with Crippen LogP contribution in [0.4, 0.5) is 17.2 Å². The Morgan fingerprint density at radius 2 is 1.74 bits per heavy atom. The van der Waals surface area contributed by atoms with Crippen LogP contribution in [0.25, 0.3) is 0 Å². The summed E-state index contributed by atoms with van der Waals surface area (Å²) in [5, 5.41) is 10.7. The number of aromatic nitrogens is 1. The molecule has 2 fully saturated rings. The molecule has 2 aromatic rings. The Balaban J connectivity index is 1.37. The fraction of sp³-hybridized carbons (Fsp3) is 0.368. The van der Waals surface area contributed by atoms with E-state index in [0.717, 1.165) is 50.6 Å². The normalized spacial score (nSPS) is 20.9. The van der Waals surface area contributed by atoms with Crippen molar-refractivity contribution in [3.63, 3.8) is 0 Å². The number of rotatable bonds is 4. The van der Waals surface area contributed by atoms with Gasteiger partial charge in [0.15, 0.2) is 0 Å². The molecule has 2 aliphatic heterocycles. The molecule has 1 atom stereocenters. The lowest BCUT2D eigenvalue weighted by Crippen LogP contribution is -2.52. The van der Waals surface area contributed by atoms with Crippen molar-refractivity contribution in [2.45, 2.75) is 12.5 Å². The fourth-order valence-electron chi connectivity index (χ4n) is 3.80. The number of benzene rings is 1. The van der Waals surface area contributed by atoms with Crippen LogP contribution in [0.1, 0.15) is 6.42 Å². The minimum atomic E-state index is -0.446. The third-order valence-electron chi connectivity index (χ3n) is 5.27. The number of amides is 1. The van der Waals surface area contributed by atoms with Crippen LogP contribution >= 0.6 is 0 Å². The van der Waals surface area contributed by atoms with Gasteiger partial charge in [-0.25, -0.2) is 4.98 Å². The number of carbonyl (C=O) groups is 1. The van der Waals surface area contributed by atoms with Gasteiger partial charge in [0.1, 0.15) is 12.0 Å². The molecule has 0 radical (unpaired) electrons. The monoisotopic (exact) mass is 367 g/mol. The second kappa shape index (κ2) is 7.32. The highest BCUT2D eigenvalue weighted by Crippen LogP contribution is 2.25. The topological polar surface area (TPSA) is 82.8 Å². The molecule has 2 saturated heterocycles. The van der Waals surface area contributed by atoms with Gasteiger partial charge in [-0.05, 0) is 24.6 Å². The van der Waals surface area contributed by atoms with Gasteiger partial charge in [-0.1, -0.05) is 18.2 Å². The predicted octanol–water partition coefficient (Wildman–Crippen LogP) is 1.92. The molecular formula is C19H21N5O3. The van der Waals surface area contributed by atoms with Crippen molar-refractivity contribution in [1.29, 1.82) is 0 Å². The molecule has 0 bridgehead atoms. The van der Waals surface area contributed by atoms with Crippen LogP contribution < -0.4 is 9.80 Å². The minimum absolute atomic E-state index is 0.00468. The molecule has 2 aliphatic rings. The van der Waals surface area contributed by atoms with Crippen molar-refractivity contribution in [2.75, 3.05) is 42.5 Å². The Labute approximate surface area is 157 Å². The number of carbonyl (C=O) groups excluding carboxylic acids is 1. The van der Waals surface area contributed by atoms with E-state index in [-0.39, 0.29) is 17.6 Å². The first kappa shape index (κ1) is 17.4. The summed E-state index contributed by atoms with van der Waals surface area (Å²) in [5.41, 5.74) is 0.952. The molecule has 140 valence electrons. The SMILES string of the molecule is O=C1C(N2CCN(c3ccc([N+](=O)[O-])cn3)CC2)CCN1c1ccccc1. The second-order valence-electron chi connectivity index (χ2n) is 6.78. The van der Waals surface area contributed by atoms with Crippen LogP contribution in [0.3, 0.4) is 0 Å². The molecule has 1 aromatic heterocycles. The fourth-order valence-corrected chi connectivity index (χ4v) is 3.80. The average molecular weight is 367 g/mol. The van der Waals surface area contributed by atoms with E-state index < -0.39 is 4.92 Å². The zero-order chi connectivity index (χ0) is 18.8. The summed E-state index contributed by atoms with van der Waals surface area (Å²) < 4.78 is 0. The van der Waals surface area contributed by atoms with Crippen LogP contribution in [0, 0.1) is 10.1 Å². The molecule has 8 nitrogen and oxygen atoms in total. The van der Waals surface area contributed by atoms with Crippen molar-refractivity contribution < 1.29 is 9.72 Å². The second-order valence-corrected chi connectivity index (χ2v) is 6.78. The maximum Gasteiger partial charge on any atom is 0.287 e. The van der Waals surface area contributed by atoms with E-state index in [1.807, 2.05) is 35.2 Å². The highest BCUT2D eigenvalue weighted by molar-refractivity contribution is 5.99. The standard InChI is InChI=1S/C19H21N5O3/c25-19-17(8-9-23(19)15-4-2-1-3-5-15)21-10-12-22(13-11-21)18-7-6-16(14-20-18)24(26)27/h1-7,14,17H,8-13H2. The van der Waals surface area contributed by atoms with E-state index in [2.05, 4.69) is 14.8 Å². The number of para-hydroxylation sites is 1. The van der Waals surface area contributed by atoms with E-state index >= 15 is 0 Å². The Kier molecular flexibility index (Phi) is 4.72. The highest BCUT2D eigenvalue weighted by Gasteiger charge is 2.37. The quantitative estimate of drug-likeness (QED) is 0.606. The molecule has 27 heavy (non-hydrogen) atoms. The third kappa shape index (κ3) is 3.48. The Bertz CT molecular complexity index is 819. The van der Waals surface area contributed by atoms with Gasteiger partial charge in [-0.2, -0.15) is 0 Å². The minimum Gasteiger partial charge on any atom is -0.354 e. The van der Waals surface area contributed by atoms with Gasteiger partial charge in [-0.15, -0.1) is 0 Å². The number of pyridine rings is 1. The van der Waals surface area contributed by atoms with E-state index in [9.17, 15) is 14.9 Å². The molecule has 4 rings (SSSR count). The lowest BCUT2D eigenvalue weighted by atomic mass is 10.1. The first-order chi connectivity index (χ1) is 13.1. The van der Waals surface area contributed by atoms with E-state index in [4.69, 9.17) is 0 Å². The maximum absolute atomic E-state index is 12.9. The molecule has 0 spiro atoms. The zero-order valence-electron chi connectivity index (χ0n) is 14.9. The molecule has 3 heterocycles. The van der Waals surface area contributed by atoms with Gasteiger partial charge in [-0.3, -0.25) is 19.8 Å². The van der Waals surface area contributed by atoms with Gasteiger partial charge in [0.2, 0.25) is 5.91 Å². The number of hydrogen-bond donors (Lipinski definition) is 0. The average Bonchev–Trinajstić information content (AvgIpc) is 3.10. The molecule has 8 heteroatoms. The number of nitrogens with zero attached hydrogens (tertiary/aromatic N) is 5. The van der Waals surface area contributed by atoms with Crippen LogP contribution in [-0.4, -0.2) is 59.5 Å². The largest absolute Gasteiger partial charge is 0.354 e. The molecule has 0 saturated carbocycles. The summed E-state index contributed by atoms with van der Waals surface area (Å²) >= 11 is 0. The summed E-state index contributed by atoms with van der Waals surface area (Å²) in [5.74, 6) is 0.909. The number of hydrogen-bond acceptors (Lipinski definition) is 6. The van der Waals surface area contributed by atoms with Gasteiger partial charge in [0.25, 0.3) is 5.69 Å². The zero-order valence-corrected chi connectivity index (χ0v) is 14.9. The van der Waals surface area contributed by atoms with Crippen LogP contribution in [0.5, 0.6) is 0 Å². The molecule has 1 aromatic carbocycles. The Hall–Kier alpha value is -3.00. The van der Waals surface area contributed by atoms with Gasteiger partial charge in [0.05, 0.1) is 11.0 Å². The van der Waals surface area contributed by atoms with E-state index in [0.29, 0.717) is 0 Å². The predicted molar refractivity (Wildman–Crippen MR) is 102 cm³/mol. The van der Waals surface area contributed by atoms with Crippen LogP contribution in [0.2, 0.25) is 0 Å². The van der Waals surface area contributed by atoms with Crippen molar-refractivity contribution in [2.24, 2.45) is 0 Å². The van der Waals surface area contributed by atoms with E-state index in [1.165, 1.54) is 12.3 Å². The van der Waals surface area contributed by atoms with Gasteiger partial charge < -0.3 is 9.80 Å². The first-order valence-corrected chi connectivity index (χ1v) is 9.09. The van der Waals surface area contributed by atoms with Crippen molar-refractivity contribution >= 4 is 23.1 Å². The summed E-state index contributed by atoms with van der Waals surface area (Å²) in [6.45, 7) is 3.80. The number of piperazine rings is 1. The number of nitro groups is 1. The lowest BCUT2D eigenvalue weighted by molar-refractivity contribution is -0.385. The molecular weight excluding hydrogens is 346 g/mol. The van der Waals surface area contributed by atoms with Crippen LogP contribution in [-0.2, 0) is 4.79 Å². The van der Waals surface area contributed by atoms with Crippen molar-refractivity contribution in [1.82, 2.24) is 9.88 Å². The molecule has 0 aliphatic carbocycles. The first-order valence-electron chi connectivity index (χ1n) is 9.09. The van der Waals surface area contributed by atoms with E-state index in [1.54, 1.807) is 6.07 Å². The summed E-state index contributed by atoms with van der Waals surface area (Å²) in [6, 6.07) is 12.9. The van der Waals surface area contributed by atoms with Crippen LogP contribution in [0.15, 0.2) is 48.7 Å². The third-order valence-corrected chi connectivity index (χ3v) is 5.27. The van der Waals surface area contributed by atoms with Crippen molar-refractivity contribution in [3.05, 3.63) is 58.8 Å². The Morgan fingerprint density at radius 1 is 1.00 bits per heavy atom. The summed E-state index contributed by atoms with van der Waals surface area (Å²) in [7, 11) is 0. The Morgan fingerprint density at radius 3 is 2.37 bits per heavy atom. The summed E-state index contributed by atoms with van der Waals surface area (Å²) in [6.07, 6.45) is 2.13. The molecule has 1 unspecified atom stereocenters. The maximum atomic E-state index is 12.9. The van der Waals surface area contributed by atoms with Gasteiger partial charge in [0, 0.05) is 44.5 Å². The summed E-state index contributed by atoms with van der Waals surface area (Å²) in [4.78, 5) is 33.6. The van der Waals surface area contributed by atoms with Crippen molar-refractivity contribution in [3.8, 4) is 0 Å².